The monoisotopic (exact) mass is 639 g/mol. The minimum absolute atomic E-state index is 0.285. The number of nitrogens with one attached hydrogen (secondary N) is 3. The molecule has 10 nitrogen and oxygen atoms in total. The van der Waals surface area contributed by atoms with Gasteiger partial charge < -0.3 is 20.9 Å². The first-order valence-corrected chi connectivity index (χ1v) is 16.0. The number of anilines is 3. The third-order valence-electron chi connectivity index (χ3n) is 8.10. The Kier molecular flexibility index (Phi) is 12.7. The van der Waals surface area contributed by atoms with E-state index in [1.165, 1.54) is 12.8 Å². The molecule has 4 heterocycles. The van der Waals surface area contributed by atoms with Crippen molar-refractivity contribution in [3.05, 3.63) is 84.7 Å². The van der Waals surface area contributed by atoms with Crippen LogP contribution in [0.5, 0.6) is 0 Å². The predicted octanol–water partition coefficient (Wildman–Crippen LogP) is 7.18. The summed E-state index contributed by atoms with van der Waals surface area (Å²) in [6.07, 6.45) is 8.49. The van der Waals surface area contributed by atoms with Gasteiger partial charge in [-0.05, 0) is 80.9 Å². The van der Waals surface area contributed by atoms with Gasteiger partial charge in [0.05, 0.1) is 19.1 Å². The second-order valence-electron chi connectivity index (χ2n) is 11.8. The molecule has 1 saturated heterocycles. The number of carbonyl (C=O) groups excluding carboxylic acids is 1. The molecule has 0 aliphatic carbocycles. The van der Waals surface area contributed by atoms with Crippen molar-refractivity contribution >= 4 is 40.4 Å². The summed E-state index contributed by atoms with van der Waals surface area (Å²) >= 11 is 0. The van der Waals surface area contributed by atoms with E-state index in [4.69, 9.17) is 15.0 Å². The van der Waals surface area contributed by atoms with Crippen molar-refractivity contribution in [2.24, 2.45) is 5.92 Å². The van der Waals surface area contributed by atoms with Crippen LogP contribution in [0.15, 0.2) is 73.6 Å². The molecule has 0 atom stereocenters. The SMILES string of the molecule is C=CC.CC(C)c1cnn2c(NCc3ccccc3-c3nccc4cc(NC=O)ccc34)nc(NCC3CCN(C)CC3)nc12.CF. The molecule has 1 fully saturated rings. The summed E-state index contributed by atoms with van der Waals surface area (Å²) in [6.45, 7) is 13.2. The topological polar surface area (TPSA) is 112 Å². The number of piperidine rings is 1. The standard InChI is InChI=1S/C32H37N9O.C3H6.CH3F/c1-21(2)28-19-37-41-30(28)38-31(34-17-22-11-14-40(3)15-12-22)39-32(41)35-18-24-6-4-5-7-26(24)29-27-9-8-25(36-20-42)16-23(27)10-13-33-29;1-3-2;1-2/h4-10,13,16,19-22H,11-12,14-15,17-18H2,1-3H3,(H,36,42)(H2,34,35,38,39);3H,1H2,2H3;1H3. The largest absolute Gasteiger partial charge is 0.354 e. The molecule has 11 heteroatoms. The molecular weight excluding hydrogens is 593 g/mol. The zero-order valence-electron chi connectivity index (χ0n) is 28.0. The van der Waals surface area contributed by atoms with Crippen LogP contribution in [0, 0.1) is 5.92 Å². The smallest absolute Gasteiger partial charge is 0.229 e. The highest BCUT2D eigenvalue weighted by atomic mass is 19.1. The van der Waals surface area contributed by atoms with E-state index in [1.807, 2.05) is 49.5 Å². The van der Waals surface area contributed by atoms with Gasteiger partial charge in [0.2, 0.25) is 18.3 Å². The Bertz CT molecular complexity index is 1760. The van der Waals surface area contributed by atoms with Crippen LogP contribution >= 0.6 is 0 Å². The van der Waals surface area contributed by atoms with Gasteiger partial charge >= 0.3 is 0 Å². The Morgan fingerprint density at radius 3 is 2.53 bits per heavy atom. The van der Waals surface area contributed by atoms with E-state index in [0.29, 0.717) is 37.9 Å². The van der Waals surface area contributed by atoms with Crippen molar-refractivity contribution < 1.29 is 9.18 Å². The van der Waals surface area contributed by atoms with Gasteiger partial charge in [-0.1, -0.05) is 50.3 Å². The average molecular weight is 640 g/mol. The van der Waals surface area contributed by atoms with Crippen LogP contribution < -0.4 is 16.0 Å². The Balaban J connectivity index is 0.000000947. The molecule has 47 heavy (non-hydrogen) atoms. The molecule has 0 radical (unpaired) electrons. The van der Waals surface area contributed by atoms with Crippen LogP contribution in [0.3, 0.4) is 0 Å². The van der Waals surface area contributed by atoms with Crippen LogP contribution in [-0.4, -0.2) is 69.7 Å². The number of hydrogen-bond acceptors (Lipinski definition) is 8. The van der Waals surface area contributed by atoms with Crippen LogP contribution in [0.25, 0.3) is 27.7 Å². The van der Waals surface area contributed by atoms with Gasteiger partial charge in [-0.25, -0.2) is 0 Å². The number of alkyl halides is 1. The number of hydrogen-bond donors (Lipinski definition) is 3. The van der Waals surface area contributed by atoms with Gasteiger partial charge in [0.25, 0.3) is 0 Å². The van der Waals surface area contributed by atoms with Crippen molar-refractivity contribution in [2.75, 3.05) is 49.8 Å². The van der Waals surface area contributed by atoms with Gasteiger partial charge in [-0.2, -0.15) is 19.6 Å². The number of fused-ring (bicyclic) bond motifs is 2. The molecule has 1 aliphatic heterocycles. The van der Waals surface area contributed by atoms with E-state index in [0.717, 1.165) is 64.1 Å². The quantitative estimate of drug-likeness (QED) is 0.109. The molecule has 1 amide bonds. The first-order valence-electron chi connectivity index (χ1n) is 16.0. The zero-order valence-corrected chi connectivity index (χ0v) is 28.0. The summed E-state index contributed by atoms with van der Waals surface area (Å²) in [7, 11) is 2.68. The Hall–Kier alpha value is -4.90. The summed E-state index contributed by atoms with van der Waals surface area (Å²) in [5.41, 5.74) is 5.65. The highest BCUT2D eigenvalue weighted by Crippen LogP contribution is 2.31. The molecule has 3 aromatic heterocycles. The number of allylic oxidation sites excluding steroid dienone is 1. The van der Waals surface area contributed by atoms with Crippen LogP contribution in [-0.2, 0) is 11.3 Å². The van der Waals surface area contributed by atoms with E-state index in [-0.39, 0.29) is 5.92 Å². The molecule has 6 rings (SSSR count). The molecule has 0 spiro atoms. The number of aromatic nitrogens is 5. The van der Waals surface area contributed by atoms with Crippen molar-refractivity contribution in [1.29, 1.82) is 0 Å². The highest BCUT2D eigenvalue weighted by Gasteiger charge is 2.19. The third-order valence-corrected chi connectivity index (χ3v) is 8.10. The lowest BCUT2D eigenvalue weighted by atomic mass is 9.97. The van der Waals surface area contributed by atoms with Crippen molar-refractivity contribution in [3.63, 3.8) is 0 Å². The molecule has 5 aromatic rings. The highest BCUT2D eigenvalue weighted by molar-refractivity contribution is 5.97. The van der Waals surface area contributed by atoms with E-state index in [2.05, 4.69) is 65.6 Å². The maximum atomic E-state index is 10.9. The molecule has 248 valence electrons. The van der Waals surface area contributed by atoms with Crippen LogP contribution in [0.1, 0.15) is 50.7 Å². The van der Waals surface area contributed by atoms with Gasteiger partial charge in [0.15, 0.2) is 5.65 Å². The molecule has 0 bridgehead atoms. The molecule has 1 aliphatic rings. The van der Waals surface area contributed by atoms with E-state index >= 15 is 0 Å². The van der Waals surface area contributed by atoms with Crippen LogP contribution in [0.2, 0.25) is 0 Å². The van der Waals surface area contributed by atoms with Crippen molar-refractivity contribution in [1.82, 2.24) is 29.5 Å². The second kappa shape index (κ2) is 17.1. The lowest BCUT2D eigenvalue weighted by molar-refractivity contribution is -0.105. The van der Waals surface area contributed by atoms with E-state index < -0.39 is 0 Å². The second-order valence-corrected chi connectivity index (χ2v) is 11.8. The normalized spacial score (nSPS) is 13.3. The number of likely N-dealkylation sites (tertiary alicyclic amines) is 1. The number of halogens is 1. The number of carbonyl (C=O) groups is 1. The summed E-state index contributed by atoms with van der Waals surface area (Å²) in [4.78, 5) is 27.8. The van der Waals surface area contributed by atoms with Gasteiger partial charge in [0.1, 0.15) is 0 Å². The summed E-state index contributed by atoms with van der Waals surface area (Å²) in [5.74, 6) is 2.16. The van der Waals surface area contributed by atoms with Crippen molar-refractivity contribution in [2.45, 2.75) is 46.1 Å². The first-order chi connectivity index (χ1) is 22.9. The summed E-state index contributed by atoms with van der Waals surface area (Å²) in [6, 6.07) is 16.1. The Morgan fingerprint density at radius 2 is 1.81 bits per heavy atom. The summed E-state index contributed by atoms with van der Waals surface area (Å²) < 4.78 is 11.3. The lowest BCUT2D eigenvalue weighted by Gasteiger charge is -2.28. The number of amides is 1. The molecular formula is C36H46FN9O. The molecule has 3 N–H and O–H groups in total. The fraction of sp³-hybridized carbons (Fsp3) is 0.361. The molecule has 2 aromatic carbocycles. The fourth-order valence-electron chi connectivity index (χ4n) is 5.63. The Morgan fingerprint density at radius 1 is 1.06 bits per heavy atom. The van der Waals surface area contributed by atoms with Gasteiger partial charge in [-0.3, -0.25) is 14.2 Å². The zero-order chi connectivity index (χ0) is 33.8. The minimum Gasteiger partial charge on any atom is -0.354 e. The molecule has 0 unspecified atom stereocenters. The van der Waals surface area contributed by atoms with Gasteiger partial charge in [0, 0.05) is 41.5 Å². The number of nitrogens with zero attached hydrogens (tertiary/aromatic N) is 6. The van der Waals surface area contributed by atoms with E-state index in [9.17, 15) is 9.18 Å². The van der Waals surface area contributed by atoms with Gasteiger partial charge in [-0.15, -0.1) is 6.58 Å². The maximum absolute atomic E-state index is 10.9. The average Bonchev–Trinajstić information content (AvgIpc) is 3.53. The van der Waals surface area contributed by atoms with Crippen LogP contribution in [0.4, 0.5) is 22.0 Å². The lowest BCUT2D eigenvalue weighted by Crippen LogP contribution is -2.33. The first kappa shape index (κ1) is 35.0. The third kappa shape index (κ3) is 8.68. The minimum atomic E-state index is 0.285. The Labute approximate surface area is 276 Å². The summed E-state index contributed by atoms with van der Waals surface area (Å²) in [5, 5.41) is 16.5. The number of pyridine rings is 1. The number of rotatable bonds is 10. The predicted molar refractivity (Wildman–Crippen MR) is 191 cm³/mol. The van der Waals surface area contributed by atoms with E-state index in [1.54, 1.807) is 16.8 Å². The number of benzene rings is 2. The fourth-order valence-corrected chi connectivity index (χ4v) is 5.63. The molecule has 0 saturated carbocycles. The van der Waals surface area contributed by atoms with Crippen molar-refractivity contribution in [3.8, 4) is 11.3 Å². The maximum Gasteiger partial charge on any atom is 0.229 e.